The molecular weight excluding hydrogens is 372 g/mol. The number of hydrogen-bond donors (Lipinski definition) is 1. The van der Waals surface area contributed by atoms with Gasteiger partial charge in [0.25, 0.3) is 0 Å². The van der Waals surface area contributed by atoms with E-state index >= 15 is 0 Å². The molecule has 0 amide bonds. The molecule has 0 aromatic rings. The van der Waals surface area contributed by atoms with Crippen molar-refractivity contribution in [2.45, 2.75) is 96.9 Å². The summed E-state index contributed by atoms with van der Waals surface area (Å²) >= 11 is 0. The van der Waals surface area contributed by atoms with Crippen molar-refractivity contribution < 1.29 is 14.9 Å². The summed E-state index contributed by atoms with van der Waals surface area (Å²) in [5.41, 5.74) is 0.683. The van der Waals surface area contributed by atoms with Gasteiger partial charge in [0.2, 0.25) is 0 Å². The van der Waals surface area contributed by atoms with Crippen LogP contribution in [0.1, 0.15) is 79.6 Å². The molecule has 3 nitrogen and oxygen atoms in total. The van der Waals surface area contributed by atoms with Crippen LogP contribution < -0.4 is 0 Å². The Balaban J connectivity index is 1.49. The lowest BCUT2D eigenvalue weighted by Crippen LogP contribution is -2.69. The molecule has 1 N–H and O–H groups in total. The van der Waals surface area contributed by atoms with Crippen molar-refractivity contribution in [2.75, 3.05) is 0 Å². The van der Waals surface area contributed by atoms with Gasteiger partial charge in [0.05, 0.1) is 6.10 Å². The summed E-state index contributed by atoms with van der Waals surface area (Å²) in [5.74, 6) is 2.43. The van der Waals surface area contributed by atoms with E-state index in [2.05, 4.69) is 65.0 Å². The zero-order chi connectivity index (χ0) is 21.4. The van der Waals surface area contributed by atoms with E-state index in [1.54, 1.807) is 0 Å². The van der Waals surface area contributed by atoms with Gasteiger partial charge >= 0.3 is 0 Å². The Morgan fingerprint density at radius 2 is 1.93 bits per heavy atom. The van der Waals surface area contributed by atoms with Gasteiger partial charge in [0.15, 0.2) is 0 Å². The molecule has 166 valence electrons. The highest BCUT2D eigenvalue weighted by atomic mass is 17.2. The lowest BCUT2D eigenvalue weighted by Gasteiger charge is -2.66. The molecule has 3 fully saturated rings. The summed E-state index contributed by atoms with van der Waals surface area (Å²) in [6.45, 7) is 11.9. The first-order valence-corrected chi connectivity index (χ1v) is 12.3. The molecule has 3 heteroatoms. The fourth-order valence-electron chi connectivity index (χ4n) is 8.00. The van der Waals surface area contributed by atoms with Crippen molar-refractivity contribution in [2.24, 2.45) is 34.5 Å². The van der Waals surface area contributed by atoms with Gasteiger partial charge in [-0.3, -0.25) is 0 Å². The molecule has 1 saturated heterocycles. The van der Waals surface area contributed by atoms with Crippen LogP contribution in [-0.4, -0.2) is 22.4 Å². The van der Waals surface area contributed by atoms with Gasteiger partial charge in [-0.05, 0) is 79.4 Å². The zero-order valence-electron chi connectivity index (χ0n) is 19.5. The number of hydrogen-bond acceptors (Lipinski definition) is 3. The number of aliphatic hydroxyl groups is 1. The molecule has 2 aliphatic heterocycles. The van der Waals surface area contributed by atoms with E-state index in [1.807, 2.05) is 0 Å². The number of rotatable bonds is 4. The van der Waals surface area contributed by atoms with Crippen molar-refractivity contribution in [3.63, 3.8) is 0 Å². The smallest absolute Gasteiger partial charge is 0.147 e. The first-order chi connectivity index (χ1) is 14.2. The minimum Gasteiger partial charge on any atom is -0.393 e. The molecule has 6 rings (SSSR count). The van der Waals surface area contributed by atoms with Crippen LogP contribution in [0.15, 0.2) is 36.0 Å². The van der Waals surface area contributed by atoms with Gasteiger partial charge < -0.3 is 5.11 Å². The highest BCUT2D eigenvalue weighted by Gasteiger charge is 2.71. The van der Waals surface area contributed by atoms with E-state index in [1.165, 1.54) is 18.4 Å². The van der Waals surface area contributed by atoms with Crippen molar-refractivity contribution in [3.05, 3.63) is 36.0 Å². The molecule has 8 atom stereocenters. The highest BCUT2D eigenvalue weighted by Crippen LogP contribution is 2.71. The Labute approximate surface area is 182 Å². The zero-order valence-corrected chi connectivity index (χ0v) is 19.5. The van der Waals surface area contributed by atoms with E-state index < -0.39 is 11.2 Å². The molecule has 2 saturated carbocycles. The van der Waals surface area contributed by atoms with Crippen molar-refractivity contribution >= 4 is 0 Å². The quantitative estimate of drug-likeness (QED) is 0.445. The number of allylic oxidation sites excluding steroid dienone is 3. The molecule has 2 bridgehead atoms. The molecule has 0 aromatic heterocycles. The third-order valence-corrected chi connectivity index (χ3v) is 9.75. The standard InChI is InChI=1S/C27H40O3/c1-18(2)7-6-8-19(3)21-9-10-22-24(21,4)13-12-23-25(5)14-11-20(28)17-26(25)15-16-27(22,23)30-29-26/h6,8,12,15-16,18-22,28H,7,9-11,13-14,17H2,1-5H3. The largest absolute Gasteiger partial charge is 0.393 e. The van der Waals surface area contributed by atoms with Gasteiger partial charge in [-0.15, -0.1) is 0 Å². The second-order valence-corrected chi connectivity index (χ2v) is 11.9. The molecule has 0 aromatic carbocycles. The van der Waals surface area contributed by atoms with Gasteiger partial charge in [-0.1, -0.05) is 52.8 Å². The second kappa shape index (κ2) is 6.80. The third kappa shape index (κ3) is 2.61. The topological polar surface area (TPSA) is 38.7 Å². The molecule has 0 radical (unpaired) electrons. The summed E-state index contributed by atoms with van der Waals surface area (Å²) in [7, 11) is 0. The van der Waals surface area contributed by atoms with Crippen LogP contribution in [0.3, 0.4) is 0 Å². The summed E-state index contributed by atoms with van der Waals surface area (Å²) in [6, 6.07) is 0. The van der Waals surface area contributed by atoms with Crippen molar-refractivity contribution in [1.29, 1.82) is 0 Å². The SMILES string of the molecule is CC(C)CC=CC(C)C1CCC2C34C=CC5(CC(O)CCC5(C)C3=CCC12C)OO4. The van der Waals surface area contributed by atoms with E-state index in [0.717, 1.165) is 31.6 Å². The predicted octanol–water partition coefficient (Wildman–Crippen LogP) is 6.15. The van der Waals surface area contributed by atoms with Gasteiger partial charge in [-0.2, -0.15) is 0 Å². The average Bonchev–Trinajstić information content (AvgIpc) is 3.05. The van der Waals surface area contributed by atoms with Crippen LogP contribution in [0.5, 0.6) is 0 Å². The van der Waals surface area contributed by atoms with E-state index in [9.17, 15) is 5.11 Å². The first-order valence-electron chi connectivity index (χ1n) is 12.3. The second-order valence-electron chi connectivity index (χ2n) is 11.9. The molecular formula is C27H40O3. The van der Waals surface area contributed by atoms with Crippen LogP contribution in [0.4, 0.5) is 0 Å². The molecule has 8 unspecified atom stereocenters. The monoisotopic (exact) mass is 412 g/mol. The minimum atomic E-state index is -0.503. The van der Waals surface area contributed by atoms with Gasteiger partial charge in [-0.25, -0.2) is 9.78 Å². The van der Waals surface area contributed by atoms with Crippen molar-refractivity contribution in [1.82, 2.24) is 0 Å². The summed E-state index contributed by atoms with van der Waals surface area (Å²) in [4.78, 5) is 12.6. The highest BCUT2D eigenvalue weighted by molar-refractivity contribution is 5.48. The Hall–Kier alpha value is -0.900. The minimum absolute atomic E-state index is 0.0680. The van der Waals surface area contributed by atoms with E-state index in [-0.39, 0.29) is 16.9 Å². The Morgan fingerprint density at radius 1 is 1.13 bits per heavy atom. The van der Waals surface area contributed by atoms with Gasteiger partial charge in [0, 0.05) is 17.8 Å². The maximum absolute atomic E-state index is 10.4. The predicted molar refractivity (Wildman–Crippen MR) is 120 cm³/mol. The first kappa shape index (κ1) is 21.0. The van der Waals surface area contributed by atoms with E-state index in [4.69, 9.17) is 9.78 Å². The maximum Gasteiger partial charge on any atom is 0.147 e. The molecule has 30 heavy (non-hydrogen) atoms. The Morgan fingerprint density at radius 3 is 2.63 bits per heavy atom. The Bertz CT molecular complexity index is 796. The average molecular weight is 413 g/mol. The van der Waals surface area contributed by atoms with Crippen LogP contribution in [-0.2, 0) is 9.78 Å². The summed E-state index contributed by atoms with van der Waals surface area (Å²) in [6.07, 6.45) is 18.9. The van der Waals surface area contributed by atoms with Crippen LogP contribution in [0, 0.1) is 34.5 Å². The number of fused-ring (bicyclic) bond motifs is 2. The van der Waals surface area contributed by atoms with Crippen molar-refractivity contribution in [3.8, 4) is 0 Å². The van der Waals surface area contributed by atoms with Crippen LogP contribution in [0.25, 0.3) is 0 Å². The van der Waals surface area contributed by atoms with Crippen LogP contribution in [0.2, 0.25) is 0 Å². The molecule has 2 spiro atoms. The summed E-state index contributed by atoms with van der Waals surface area (Å²) < 4.78 is 0. The normalized spacial score (nSPS) is 50.4. The number of aliphatic hydroxyl groups excluding tert-OH is 1. The fraction of sp³-hybridized carbons (Fsp3) is 0.778. The maximum atomic E-state index is 10.4. The van der Waals surface area contributed by atoms with Gasteiger partial charge in [0.1, 0.15) is 11.2 Å². The fourth-order valence-corrected chi connectivity index (χ4v) is 8.00. The Kier molecular flexibility index (Phi) is 4.75. The summed E-state index contributed by atoms with van der Waals surface area (Å²) in [5, 5.41) is 10.4. The lowest BCUT2D eigenvalue weighted by molar-refractivity contribution is -0.455. The lowest BCUT2D eigenvalue weighted by atomic mass is 9.47. The molecule has 2 heterocycles. The molecule has 4 aliphatic carbocycles. The molecule has 6 aliphatic rings. The van der Waals surface area contributed by atoms with Crippen LogP contribution >= 0.6 is 0 Å². The van der Waals surface area contributed by atoms with E-state index in [0.29, 0.717) is 24.2 Å². The third-order valence-electron chi connectivity index (χ3n) is 9.75.